The van der Waals surface area contributed by atoms with E-state index in [-0.39, 0.29) is 30.6 Å². The molecule has 2 aliphatic heterocycles. The van der Waals surface area contributed by atoms with E-state index in [9.17, 15) is 14.4 Å². The highest BCUT2D eigenvalue weighted by Gasteiger charge is 2.30. The molecule has 9 heteroatoms. The van der Waals surface area contributed by atoms with Gasteiger partial charge < -0.3 is 9.80 Å². The van der Waals surface area contributed by atoms with Crippen LogP contribution in [-0.2, 0) is 9.59 Å². The van der Waals surface area contributed by atoms with Gasteiger partial charge in [-0.25, -0.2) is 4.98 Å². The molecule has 3 amide bonds. The highest BCUT2D eigenvalue weighted by atomic mass is 35.5. The maximum atomic E-state index is 12.9. The van der Waals surface area contributed by atoms with Gasteiger partial charge in [0, 0.05) is 44.6 Å². The van der Waals surface area contributed by atoms with Crippen molar-refractivity contribution in [3.63, 3.8) is 0 Å². The first kappa shape index (κ1) is 20.0. The second-order valence-electron chi connectivity index (χ2n) is 7.53. The number of aromatic nitrogens is 1. The van der Waals surface area contributed by atoms with Gasteiger partial charge in [-0.2, -0.15) is 0 Å². The van der Waals surface area contributed by atoms with Gasteiger partial charge in [0.1, 0.15) is 5.52 Å². The fraction of sp³-hybridized carbons (Fsp3) is 0.273. The average Bonchev–Trinajstić information content (AvgIpc) is 3.37. The predicted molar refractivity (Wildman–Crippen MR) is 121 cm³/mol. The lowest BCUT2D eigenvalue weighted by atomic mass is 10.1. The van der Waals surface area contributed by atoms with Gasteiger partial charge in [-0.15, -0.1) is 0 Å². The van der Waals surface area contributed by atoms with Crippen LogP contribution < -0.4 is 9.80 Å². The van der Waals surface area contributed by atoms with Crippen molar-refractivity contribution in [3.8, 4) is 0 Å². The van der Waals surface area contributed by atoms with Gasteiger partial charge in [0.25, 0.3) is 5.91 Å². The molecule has 2 fully saturated rings. The van der Waals surface area contributed by atoms with E-state index in [2.05, 4.69) is 9.88 Å². The Morgan fingerprint density at radius 1 is 0.935 bits per heavy atom. The van der Waals surface area contributed by atoms with Crippen molar-refractivity contribution in [3.05, 3.63) is 53.1 Å². The molecule has 0 atom stereocenters. The minimum atomic E-state index is -0.198. The van der Waals surface area contributed by atoms with Gasteiger partial charge in [-0.05, 0) is 36.4 Å². The average molecular weight is 455 g/mol. The largest absolute Gasteiger partial charge is 0.345 e. The SMILES string of the molecule is O=C(c1ccc(N2C(=O)CCC2=O)cc1)N1CCN(c2nc3c(Cl)cccc3s2)CC1. The third kappa shape index (κ3) is 3.66. The maximum absolute atomic E-state index is 12.9. The Labute approximate surface area is 187 Å². The second kappa shape index (κ2) is 7.94. The van der Waals surface area contributed by atoms with E-state index in [4.69, 9.17) is 11.6 Å². The molecule has 2 aromatic carbocycles. The molecule has 1 aromatic heterocycles. The lowest BCUT2D eigenvalue weighted by Crippen LogP contribution is -2.48. The quantitative estimate of drug-likeness (QED) is 0.566. The van der Waals surface area contributed by atoms with Crippen LogP contribution in [-0.4, -0.2) is 53.8 Å². The molecular formula is C22H19ClN4O3S. The summed E-state index contributed by atoms with van der Waals surface area (Å²) >= 11 is 7.85. The zero-order valence-electron chi connectivity index (χ0n) is 16.6. The van der Waals surface area contributed by atoms with Crippen LogP contribution in [0.25, 0.3) is 10.2 Å². The fourth-order valence-corrected chi connectivity index (χ4v) is 5.26. The summed E-state index contributed by atoms with van der Waals surface area (Å²) < 4.78 is 1.05. The Hall–Kier alpha value is -2.97. The Morgan fingerprint density at radius 3 is 2.26 bits per heavy atom. The third-order valence-electron chi connectivity index (χ3n) is 5.62. The number of carbonyl (C=O) groups is 3. The van der Waals surface area contributed by atoms with Crippen LogP contribution in [0, 0.1) is 0 Å². The molecule has 3 heterocycles. The molecule has 0 aliphatic carbocycles. The molecule has 0 N–H and O–H groups in total. The number of para-hydroxylation sites is 1. The number of thiazole rings is 1. The molecule has 31 heavy (non-hydrogen) atoms. The molecule has 3 aromatic rings. The summed E-state index contributed by atoms with van der Waals surface area (Å²) in [5.74, 6) is -0.453. The lowest BCUT2D eigenvalue weighted by Gasteiger charge is -2.34. The van der Waals surface area contributed by atoms with Crippen molar-refractivity contribution in [1.82, 2.24) is 9.88 Å². The Kier molecular flexibility index (Phi) is 5.11. The van der Waals surface area contributed by atoms with Gasteiger partial charge in [-0.3, -0.25) is 19.3 Å². The zero-order chi connectivity index (χ0) is 21.5. The van der Waals surface area contributed by atoms with Crippen molar-refractivity contribution < 1.29 is 14.4 Å². The number of rotatable bonds is 3. The molecule has 2 saturated heterocycles. The summed E-state index contributed by atoms with van der Waals surface area (Å²) in [5.41, 5.74) is 1.88. The number of amides is 3. The summed E-state index contributed by atoms with van der Waals surface area (Å²) in [6, 6.07) is 12.5. The van der Waals surface area contributed by atoms with Crippen LogP contribution in [0.4, 0.5) is 10.8 Å². The summed E-state index contributed by atoms with van der Waals surface area (Å²) in [5, 5.41) is 1.56. The maximum Gasteiger partial charge on any atom is 0.253 e. The van der Waals surface area contributed by atoms with Crippen LogP contribution in [0.3, 0.4) is 0 Å². The first-order chi connectivity index (χ1) is 15.0. The van der Waals surface area contributed by atoms with Crippen LogP contribution in [0.15, 0.2) is 42.5 Å². The van der Waals surface area contributed by atoms with Gasteiger partial charge in [-0.1, -0.05) is 29.0 Å². The van der Waals surface area contributed by atoms with Crippen molar-refractivity contribution in [2.75, 3.05) is 36.0 Å². The number of hydrogen-bond donors (Lipinski definition) is 0. The number of hydrogen-bond acceptors (Lipinski definition) is 6. The van der Waals surface area contributed by atoms with E-state index in [1.165, 1.54) is 4.90 Å². The molecular weight excluding hydrogens is 436 g/mol. The number of anilines is 2. The predicted octanol–water partition coefficient (Wildman–Crippen LogP) is 3.57. The van der Waals surface area contributed by atoms with Gasteiger partial charge >= 0.3 is 0 Å². The second-order valence-corrected chi connectivity index (χ2v) is 8.95. The minimum absolute atomic E-state index is 0.0578. The van der Waals surface area contributed by atoms with Crippen molar-refractivity contribution in [2.45, 2.75) is 12.8 Å². The summed E-state index contributed by atoms with van der Waals surface area (Å²) in [6.45, 7) is 2.57. The van der Waals surface area contributed by atoms with Crippen LogP contribution >= 0.6 is 22.9 Å². The number of carbonyl (C=O) groups excluding carboxylic acids is 3. The van der Waals surface area contributed by atoms with E-state index in [1.54, 1.807) is 35.6 Å². The highest BCUT2D eigenvalue weighted by Crippen LogP contribution is 2.33. The Balaban J connectivity index is 1.25. The normalized spacial score (nSPS) is 17.1. The summed E-state index contributed by atoms with van der Waals surface area (Å²) in [6.07, 6.45) is 0.481. The molecule has 0 bridgehead atoms. The van der Waals surface area contributed by atoms with E-state index in [0.29, 0.717) is 42.5 Å². The molecule has 5 rings (SSSR count). The number of nitrogens with zero attached hydrogens (tertiary/aromatic N) is 4. The van der Waals surface area contributed by atoms with Crippen LogP contribution in [0.5, 0.6) is 0 Å². The standard InChI is InChI=1S/C22H19ClN4O3S/c23-16-2-1-3-17-20(16)24-22(31-17)26-12-10-25(11-13-26)21(30)14-4-6-15(7-5-14)27-18(28)8-9-19(27)29/h1-7H,8-13H2. The van der Waals surface area contributed by atoms with E-state index >= 15 is 0 Å². The van der Waals surface area contributed by atoms with Gasteiger partial charge in [0.15, 0.2) is 5.13 Å². The molecule has 0 saturated carbocycles. The number of benzene rings is 2. The van der Waals surface area contributed by atoms with Gasteiger partial charge in [0.05, 0.1) is 15.4 Å². The topological polar surface area (TPSA) is 73.8 Å². The lowest BCUT2D eigenvalue weighted by molar-refractivity contribution is -0.121. The number of halogens is 1. The number of imide groups is 1. The van der Waals surface area contributed by atoms with E-state index < -0.39 is 0 Å². The summed E-state index contributed by atoms with van der Waals surface area (Å²) in [7, 11) is 0. The molecule has 158 valence electrons. The first-order valence-corrected chi connectivity index (χ1v) is 11.3. The molecule has 0 spiro atoms. The van der Waals surface area contributed by atoms with Gasteiger partial charge in [0.2, 0.25) is 11.8 Å². The highest BCUT2D eigenvalue weighted by molar-refractivity contribution is 7.22. The molecule has 2 aliphatic rings. The van der Waals surface area contributed by atoms with E-state index in [1.807, 2.05) is 23.1 Å². The smallest absolute Gasteiger partial charge is 0.253 e. The van der Waals surface area contributed by atoms with Crippen LogP contribution in [0.2, 0.25) is 5.02 Å². The Morgan fingerprint density at radius 2 is 1.61 bits per heavy atom. The molecule has 0 unspecified atom stereocenters. The van der Waals surface area contributed by atoms with Crippen molar-refractivity contribution in [2.24, 2.45) is 0 Å². The first-order valence-electron chi connectivity index (χ1n) is 10.1. The monoisotopic (exact) mass is 454 g/mol. The zero-order valence-corrected chi connectivity index (χ0v) is 18.2. The van der Waals surface area contributed by atoms with Crippen LogP contribution in [0.1, 0.15) is 23.2 Å². The number of fused-ring (bicyclic) bond motifs is 1. The van der Waals surface area contributed by atoms with Crippen molar-refractivity contribution >= 4 is 61.7 Å². The Bertz CT molecular complexity index is 1170. The van der Waals surface area contributed by atoms with Crippen molar-refractivity contribution in [1.29, 1.82) is 0 Å². The minimum Gasteiger partial charge on any atom is -0.345 e. The fourth-order valence-electron chi connectivity index (χ4n) is 3.94. The molecule has 7 nitrogen and oxygen atoms in total. The summed E-state index contributed by atoms with van der Waals surface area (Å²) in [4.78, 5) is 46.6. The number of piperazine rings is 1. The van der Waals surface area contributed by atoms with E-state index in [0.717, 1.165) is 15.3 Å². The molecule has 0 radical (unpaired) electrons. The third-order valence-corrected chi connectivity index (χ3v) is 7.01.